The van der Waals surface area contributed by atoms with Gasteiger partial charge < -0.3 is 89.8 Å². The standard InChI is InChI=1S/5As.3Ta/q5*-3;3*+5. The van der Waals surface area contributed by atoms with Gasteiger partial charge in [0, 0.05) is 0 Å². The van der Waals surface area contributed by atoms with Crippen LogP contribution in [0.15, 0.2) is 0 Å². The Morgan fingerprint density at radius 3 is 0.250 bits per heavy atom. The van der Waals surface area contributed by atoms with E-state index in [1.54, 1.807) is 0 Å². The number of hydrogen-bond donors (Lipinski definition) is 0. The molecule has 0 atom stereocenters. The van der Waals surface area contributed by atoms with Crippen LogP contribution >= 0.6 is 0 Å². The molecular formula is As5Ta3. The van der Waals surface area contributed by atoms with E-state index >= 15 is 0 Å². The molecule has 0 rings (SSSR count). The van der Waals surface area contributed by atoms with Crippen LogP contribution in [0, 0.1) is 0 Å². The molecule has 0 aromatic carbocycles. The first-order valence-corrected chi connectivity index (χ1v) is 0. The Morgan fingerprint density at radius 2 is 0.250 bits per heavy atom. The summed E-state index contributed by atoms with van der Waals surface area (Å²) in [6.07, 6.45) is 0. The predicted octanol–water partition coefficient (Wildman–Crippen LogP) is -1.91. The third-order valence-corrected chi connectivity index (χ3v) is 0. The normalized spacial score (nSPS) is 0. The molecule has 0 heterocycles. The Bertz CT molecular complexity index is 7.64. The van der Waals surface area contributed by atoms with Gasteiger partial charge in [-0.25, -0.2) is 0 Å². The Hall–Kier alpha value is 5.01. The van der Waals surface area contributed by atoms with Gasteiger partial charge in [-0.3, -0.25) is 0 Å². The van der Waals surface area contributed by atoms with Crippen molar-refractivity contribution >= 4 is 89.8 Å². The van der Waals surface area contributed by atoms with Crippen molar-refractivity contribution < 1.29 is 67.1 Å². The summed E-state index contributed by atoms with van der Waals surface area (Å²) in [6.45, 7) is 0. The van der Waals surface area contributed by atoms with Crippen LogP contribution in [0.5, 0.6) is 0 Å². The molecule has 0 aromatic rings. The zero-order chi connectivity index (χ0) is 0. The first-order valence-electron chi connectivity index (χ1n) is 0. The largest absolute Gasteiger partial charge is 5.00 e. The van der Waals surface area contributed by atoms with E-state index in [2.05, 4.69) is 0 Å². The molecule has 0 spiro atoms. The first kappa shape index (κ1) is 74.7. The zero-order valence-electron chi connectivity index (χ0n) is 3.58. The van der Waals surface area contributed by atoms with Crippen LogP contribution in [0.2, 0.25) is 0 Å². The summed E-state index contributed by atoms with van der Waals surface area (Å²) in [5.74, 6) is 0. The van der Waals surface area contributed by atoms with E-state index in [4.69, 9.17) is 0 Å². The van der Waals surface area contributed by atoms with Crippen molar-refractivity contribution in [1.29, 1.82) is 0 Å². The maximum Gasteiger partial charge on any atom is 5.00 e. The Kier molecular flexibility index (Phi) is 542. The molecule has 40 valence electrons. The Balaban J connectivity index is 0. The van der Waals surface area contributed by atoms with E-state index in [0.29, 0.717) is 0 Å². The second-order valence-corrected chi connectivity index (χ2v) is 0. The maximum absolute atomic E-state index is 0. The molecule has 0 aliphatic heterocycles. The van der Waals surface area contributed by atoms with Gasteiger partial charge in [-0.2, -0.15) is 0 Å². The Labute approximate surface area is 153 Å². The van der Waals surface area contributed by atoms with Crippen LogP contribution in [0.3, 0.4) is 0 Å². The number of rotatable bonds is 0. The molecule has 0 saturated carbocycles. The molecule has 0 aliphatic rings. The van der Waals surface area contributed by atoms with Crippen LogP contribution < -0.4 is 0 Å². The first-order chi connectivity index (χ1) is 0. The van der Waals surface area contributed by atoms with E-state index in [0.717, 1.165) is 0 Å². The maximum atomic E-state index is 0. The summed E-state index contributed by atoms with van der Waals surface area (Å²) in [5.41, 5.74) is 0. The molecule has 0 fully saturated rings. The van der Waals surface area contributed by atoms with Gasteiger partial charge in [0.2, 0.25) is 0 Å². The predicted molar refractivity (Wildman–Crippen MR) is 28.8 cm³/mol. The van der Waals surface area contributed by atoms with E-state index in [9.17, 15) is 0 Å². The van der Waals surface area contributed by atoms with Crippen molar-refractivity contribution in [3.63, 3.8) is 0 Å². The van der Waals surface area contributed by atoms with E-state index in [-0.39, 0.29) is 157 Å². The molecule has 0 unspecified atom stereocenters. The van der Waals surface area contributed by atoms with Gasteiger partial charge in [0.25, 0.3) is 0 Å². The number of hydrogen-bond acceptors (Lipinski definition) is 0. The molecule has 0 aliphatic carbocycles. The fourth-order valence-electron chi connectivity index (χ4n) is 0. The minimum absolute atomic E-state index is 0. The summed E-state index contributed by atoms with van der Waals surface area (Å²) in [5, 5.41) is 0. The SMILES string of the molecule is [As-3].[As-3].[As-3].[As-3].[As-3].[Ta+5].[Ta+5].[Ta+5]. The fraction of sp³-hybridized carbons (Fsp3) is 0. The van der Waals surface area contributed by atoms with Crippen LogP contribution in [0.25, 0.3) is 0 Å². The van der Waals surface area contributed by atoms with Gasteiger partial charge in [0.05, 0.1) is 0 Å². The van der Waals surface area contributed by atoms with Crippen molar-refractivity contribution in [2.24, 2.45) is 0 Å². The molecule has 0 bridgehead atoms. The summed E-state index contributed by atoms with van der Waals surface area (Å²) in [6, 6.07) is 0. The average Bonchev–Trinajstić information content (AvgIpc) is 0. The zero-order valence-corrected chi connectivity index (χ0v) is 22.6. The second-order valence-electron chi connectivity index (χ2n) is 0. The van der Waals surface area contributed by atoms with Crippen LogP contribution in [0.1, 0.15) is 0 Å². The molecule has 0 amide bonds. The van der Waals surface area contributed by atoms with E-state index in [1.807, 2.05) is 0 Å². The minimum Gasteiger partial charge on any atom is -3.00 e. The fourth-order valence-corrected chi connectivity index (χ4v) is 0. The molecule has 0 aromatic heterocycles. The van der Waals surface area contributed by atoms with Gasteiger partial charge in [-0.15, -0.1) is 0 Å². The Morgan fingerprint density at radius 1 is 0.250 bits per heavy atom. The third kappa shape index (κ3) is 43.9. The summed E-state index contributed by atoms with van der Waals surface area (Å²) in [7, 11) is 0. The molecule has 0 saturated heterocycles. The molecule has 8 heteroatoms. The monoisotopic (exact) mass is 917 g/mol. The second kappa shape index (κ2) is 58.0. The van der Waals surface area contributed by atoms with Crippen LogP contribution in [-0.4, -0.2) is 89.8 Å². The van der Waals surface area contributed by atoms with Gasteiger partial charge in [0.15, 0.2) is 0 Å². The molecular weight excluding hydrogens is 917 g/mol. The molecule has 0 nitrogen and oxygen atoms in total. The average molecular weight is 917 g/mol. The molecule has 8 heavy (non-hydrogen) atoms. The van der Waals surface area contributed by atoms with Crippen molar-refractivity contribution in [2.45, 2.75) is 0 Å². The smallest absolute Gasteiger partial charge is 3.00 e. The summed E-state index contributed by atoms with van der Waals surface area (Å²) in [4.78, 5) is 0. The third-order valence-electron chi connectivity index (χ3n) is 0. The van der Waals surface area contributed by atoms with E-state index < -0.39 is 0 Å². The van der Waals surface area contributed by atoms with Gasteiger partial charge >= 0.3 is 67.1 Å². The summed E-state index contributed by atoms with van der Waals surface area (Å²) >= 11 is 0. The van der Waals surface area contributed by atoms with Crippen molar-refractivity contribution in [2.75, 3.05) is 0 Å². The van der Waals surface area contributed by atoms with Crippen molar-refractivity contribution in [1.82, 2.24) is 0 Å². The van der Waals surface area contributed by atoms with Crippen molar-refractivity contribution in [3.05, 3.63) is 0 Å². The van der Waals surface area contributed by atoms with Gasteiger partial charge in [-0.1, -0.05) is 0 Å². The van der Waals surface area contributed by atoms with Gasteiger partial charge in [0.1, 0.15) is 0 Å². The molecule has 0 N–H and O–H groups in total. The van der Waals surface area contributed by atoms with Crippen LogP contribution in [0.4, 0.5) is 0 Å². The quantitative estimate of drug-likeness (QED) is 0.250. The van der Waals surface area contributed by atoms with Crippen LogP contribution in [-0.2, 0) is 67.1 Å². The van der Waals surface area contributed by atoms with Crippen molar-refractivity contribution in [3.8, 4) is 0 Å². The summed E-state index contributed by atoms with van der Waals surface area (Å²) < 4.78 is 0. The van der Waals surface area contributed by atoms with E-state index in [1.165, 1.54) is 0 Å². The van der Waals surface area contributed by atoms with Gasteiger partial charge in [-0.05, 0) is 0 Å². The topological polar surface area (TPSA) is 0 Å². The minimum atomic E-state index is 0. The molecule has 0 radical (unpaired) electrons.